The molecule has 2 aliphatic rings. The second-order valence-electron chi connectivity index (χ2n) is 7.85. The van der Waals surface area contributed by atoms with Crippen molar-refractivity contribution in [1.29, 1.82) is 0 Å². The van der Waals surface area contributed by atoms with Gasteiger partial charge >= 0.3 is 5.97 Å². The Morgan fingerprint density at radius 1 is 1.08 bits per heavy atom. The molecule has 0 saturated carbocycles. The Morgan fingerprint density at radius 2 is 1.72 bits per heavy atom. The van der Waals surface area contributed by atoms with Crippen LogP contribution in [0.25, 0.3) is 0 Å². The number of esters is 1. The molecule has 0 aromatic heterocycles. The molecule has 25 heavy (non-hydrogen) atoms. The Bertz CT molecular complexity index is 619. The van der Waals surface area contributed by atoms with E-state index in [-0.39, 0.29) is 17.7 Å². The predicted molar refractivity (Wildman–Crippen MR) is 93.5 cm³/mol. The molecule has 2 heterocycles. The van der Waals surface area contributed by atoms with Gasteiger partial charge in [0.15, 0.2) is 6.29 Å². The topological polar surface area (TPSA) is 54.0 Å². The zero-order chi connectivity index (χ0) is 18.1. The van der Waals surface area contributed by atoms with E-state index >= 15 is 0 Å². The van der Waals surface area contributed by atoms with Crippen LogP contribution in [0.3, 0.4) is 0 Å². The summed E-state index contributed by atoms with van der Waals surface area (Å²) < 4.78 is 22.1. The number of benzene rings is 1. The zero-order valence-corrected chi connectivity index (χ0v) is 15.6. The Labute approximate surface area is 149 Å². The minimum atomic E-state index is -0.665. The lowest BCUT2D eigenvalue weighted by molar-refractivity contribution is -0.151. The van der Waals surface area contributed by atoms with Crippen LogP contribution in [0.4, 0.5) is 0 Å². The molecule has 2 fully saturated rings. The molecule has 0 bridgehead atoms. The van der Waals surface area contributed by atoms with Gasteiger partial charge in [-0.3, -0.25) is 4.79 Å². The van der Waals surface area contributed by atoms with E-state index < -0.39 is 5.41 Å². The van der Waals surface area contributed by atoms with E-state index in [0.29, 0.717) is 39.3 Å². The monoisotopic (exact) mass is 348 g/mol. The molecule has 5 heteroatoms. The maximum atomic E-state index is 12.7. The molecule has 0 radical (unpaired) electrons. The van der Waals surface area contributed by atoms with E-state index in [1.54, 1.807) is 0 Å². The fourth-order valence-corrected chi connectivity index (χ4v) is 3.57. The molecule has 0 amide bonds. The van der Waals surface area contributed by atoms with Gasteiger partial charge in [0, 0.05) is 18.8 Å². The first-order valence-corrected chi connectivity index (χ1v) is 8.92. The first-order valence-electron chi connectivity index (χ1n) is 8.92. The lowest BCUT2D eigenvalue weighted by atomic mass is 9.72. The van der Waals surface area contributed by atoms with Gasteiger partial charge in [-0.25, -0.2) is 0 Å². The molecule has 0 unspecified atom stereocenters. The van der Waals surface area contributed by atoms with Gasteiger partial charge in [0.25, 0.3) is 0 Å². The highest BCUT2D eigenvalue weighted by atomic mass is 16.7. The van der Waals surface area contributed by atoms with Crippen molar-refractivity contribution in [3.8, 4) is 0 Å². The van der Waals surface area contributed by atoms with Gasteiger partial charge in [-0.05, 0) is 35.4 Å². The molecule has 3 rings (SSSR count). The van der Waals surface area contributed by atoms with Crippen molar-refractivity contribution in [1.82, 2.24) is 0 Å². The first-order chi connectivity index (χ1) is 11.9. The number of carbonyl (C=O) groups is 1. The van der Waals surface area contributed by atoms with Crippen LogP contribution < -0.4 is 0 Å². The van der Waals surface area contributed by atoms with Crippen LogP contribution >= 0.6 is 0 Å². The van der Waals surface area contributed by atoms with Crippen LogP contribution in [0, 0.1) is 0 Å². The number of rotatable bonds is 3. The van der Waals surface area contributed by atoms with Gasteiger partial charge in [0.1, 0.15) is 0 Å². The van der Waals surface area contributed by atoms with E-state index in [4.69, 9.17) is 18.9 Å². The highest BCUT2D eigenvalue weighted by Crippen LogP contribution is 2.40. The van der Waals surface area contributed by atoms with Crippen molar-refractivity contribution >= 4 is 5.97 Å². The summed E-state index contributed by atoms with van der Waals surface area (Å²) in [6.07, 6.45) is 0.883. The second-order valence-corrected chi connectivity index (χ2v) is 7.85. The molecule has 0 aliphatic carbocycles. The Morgan fingerprint density at radius 3 is 2.28 bits per heavy atom. The molecule has 0 N–H and O–H groups in total. The van der Waals surface area contributed by atoms with Crippen LogP contribution in [0.1, 0.15) is 56.6 Å². The Balaban J connectivity index is 2.12. The highest BCUT2D eigenvalue weighted by Gasteiger charge is 2.43. The third kappa shape index (κ3) is 3.59. The zero-order valence-electron chi connectivity index (χ0n) is 15.6. The van der Waals surface area contributed by atoms with Crippen molar-refractivity contribution in [2.45, 2.75) is 50.7 Å². The largest absolute Gasteiger partial charge is 0.468 e. The molecule has 2 aliphatic heterocycles. The summed E-state index contributed by atoms with van der Waals surface area (Å²) in [6, 6.07) is 6.32. The maximum absolute atomic E-state index is 12.7. The summed E-state index contributed by atoms with van der Waals surface area (Å²) in [4.78, 5) is 12.7. The lowest BCUT2D eigenvalue weighted by Crippen LogP contribution is -2.42. The quantitative estimate of drug-likeness (QED) is 0.785. The van der Waals surface area contributed by atoms with E-state index in [1.165, 1.54) is 7.11 Å². The van der Waals surface area contributed by atoms with E-state index in [1.807, 2.05) is 6.07 Å². The summed E-state index contributed by atoms with van der Waals surface area (Å²) in [7, 11) is 1.46. The maximum Gasteiger partial charge on any atom is 0.316 e. The molecule has 0 spiro atoms. The number of carbonyl (C=O) groups excluding carboxylic acids is 1. The van der Waals surface area contributed by atoms with Crippen molar-refractivity contribution in [3.63, 3.8) is 0 Å². The number of hydrogen-bond acceptors (Lipinski definition) is 5. The van der Waals surface area contributed by atoms with Crippen LogP contribution in [0.15, 0.2) is 18.2 Å². The second kappa shape index (κ2) is 7.06. The number of ether oxygens (including phenoxy) is 4. The fraction of sp³-hybridized carbons (Fsp3) is 0.650. The molecule has 2 saturated heterocycles. The summed E-state index contributed by atoms with van der Waals surface area (Å²) in [5, 5.41) is 0. The fourth-order valence-electron chi connectivity index (χ4n) is 3.57. The van der Waals surface area contributed by atoms with Gasteiger partial charge in [-0.2, -0.15) is 0 Å². The summed E-state index contributed by atoms with van der Waals surface area (Å²) in [5.74, 6) is -0.193. The minimum absolute atomic E-state index is 0.0498. The average molecular weight is 348 g/mol. The third-order valence-electron chi connectivity index (χ3n) is 5.19. The standard InChI is InChI=1S/C20H28O5/c1-19(2,3)15-11-14(17-24-9-10-25-17)12-16(13-15)20(18(21)22-4)5-7-23-8-6-20/h11-13,17H,5-10H2,1-4H3. The van der Waals surface area contributed by atoms with Crippen molar-refractivity contribution < 1.29 is 23.7 Å². The van der Waals surface area contributed by atoms with E-state index in [0.717, 1.165) is 16.7 Å². The minimum Gasteiger partial charge on any atom is -0.468 e. The van der Waals surface area contributed by atoms with Crippen molar-refractivity contribution in [2.24, 2.45) is 0 Å². The SMILES string of the molecule is COC(=O)C1(c2cc(C3OCCO3)cc(C(C)(C)C)c2)CCOCC1. The predicted octanol–water partition coefficient (Wildman–Crippen LogP) is 3.25. The Hall–Kier alpha value is -1.43. The third-order valence-corrected chi connectivity index (χ3v) is 5.19. The summed E-state index contributed by atoms with van der Waals surface area (Å²) in [5.41, 5.74) is 2.39. The van der Waals surface area contributed by atoms with Crippen LogP contribution in [-0.4, -0.2) is 39.5 Å². The normalized spacial score (nSPS) is 21.3. The van der Waals surface area contributed by atoms with E-state index in [2.05, 4.69) is 32.9 Å². The smallest absolute Gasteiger partial charge is 0.316 e. The van der Waals surface area contributed by atoms with Crippen LogP contribution in [-0.2, 0) is 34.6 Å². The molecule has 0 atom stereocenters. The molecule has 5 nitrogen and oxygen atoms in total. The van der Waals surface area contributed by atoms with Gasteiger partial charge in [0.2, 0.25) is 0 Å². The van der Waals surface area contributed by atoms with Gasteiger partial charge in [-0.1, -0.05) is 32.9 Å². The van der Waals surface area contributed by atoms with Crippen molar-refractivity contribution in [3.05, 3.63) is 34.9 Å². The molecule has 1 aromatic rings. The lowest BCUT2D eigenvalue weighted by Gasteiger charge is -2.36. The molecular weight excluding hydrogens is 320 g/mol. The average Bonchev–Trinajstić information content (AvgIpc) is 3.15. The first kappa shape index (κ1) is 18.4. The number of methoxy groups -OCH3 is 1. The molecule has 138 valence electrons. The summed E-state index contributed by atoms with van der Waals surface area (Å²) >= 11 is 0. The van der Waals surface area contributed by atoms with Gasteiger partial charge < -0.3 is 18.9 Å². The Kier molecular flexibility index (Phi) is 5.19. The molecule has 1 aromatic carbocycles. The van der Waals surface area contributed by atoms with Gasteiger partial charge in [0.05, 0.1) is 25.7 Å². The molecular formula is C20H28O5. The van der Waals surface area contributed by atoms with E-state index in [9.17, 15) is 4.79 Å². The highest BCUT2D eigenvalue weighted by molar-refractivity contribution is 5.83. The van der Waals surface area contributed by atoms with Crippen LogP contribution in [0.5, 0.6) is 0 Å². The van der Waals surface area contributed by atoms with Crippen LogP contribution in [0.2, 0.25) is 0 Å². The van der Waals surface area contributed by atoms with Crippen molar-refractivity contribution in [2.75, 3.05) is 33.5 Å². The number of hydrogen-bond donors (Lipinski definition) is 0. The van der Waals surface area contributed by atoms with Gasteiger partial charge in [-0.15, -0.1) is 0 Å². The summed E-state index contributed by atoms with van der Waals surface area (Å²) in [6.45, 7) is 8.80.